The first-order valence-electron chi connectivity index (χ1n) is 29.4. The number of rotatable bonds is 46. The van der Waals surface area contributed by atoms with E-state index in [1.54, 1.807) is 0 Å². The van der Waals surface area contributed by atoms with Crippen molar-refractivity contribution < 1.29 is 73.8 Å². The average molecular weight is 1070 g/mol. The van der Waals surface area contributed by atoms with E-state index in [4.69, 9.17) is 28.4 Å². The first kappa shape index (κ1) is 68.3. The molecule has 2 rings (SSSR count). The maximum Gasteiger partial charge on any atom is 0.306 e. The molecular weight excluding hydrogens is 961 g/mol. The highest BCUT2D eigenvalue weighted by Gasteiger charge is 2.47. The summed E-state index contributed by atoms with van der Waals surface area (Å²) < 4.78 is 33.6. The third-order valence-corrected chi connectivity index (χ3v) is 13.8. The summed E-state index contributed by atoms with van der Waals surface area (Å²) in [6.07, 6.45) is 38.2. The summed E-state index contributed by atoms with van der Waals surface area (Å²) in [5.41, 5.74) is 0. The van der Waals surface area contributed by atoms with Crippen LogP contribution in [0.2, 0.25) is 0 Å². The van der Waals surface area contributed by atoms with Crippen molar-refractivity contribution >= 4 is 11.9 Å². The molecule has 2 aliphatic rings. The van der Waals surface area contributed by atoms with Crippen molar-refractivity contribution in [3.8, 4) is 0 Å². The molecule has 2 saturated heterocycles. The van der Waals surface area contributed by atoms with E-state index in [-0.39, 0.29) is 19.4 Å². The molecule has 0 aliphatic carbocycles. The van der Waals surface area contributed by atoms with Gasteiger partial charge in [0.15, 0.2) is 18.7 Å². The number of allylic oxidation sites excluding steroid dienone is 10. The fraction of sp³-hybridized carbons (Fsp3) is 0.800. The van der Waals surface area contributed by atoms with E-state index in [2.05, 4.69) is 62.5 Å². The molecule has 434 valence electrons. The van der Waals surface area contributed by atoms with Gasteiger partial charge in [-0.2, -0.15) is 0 Å². The number of aliphatic hydroxyl groups excluding tert-OH is 7. The molecule has 0 spiro atoms. The molecule has 15 heteroatoms. The third kappa shape index (κ3) is 33.3. The van der Waals surface area contributed by atoms with Crippen molar-refractivity contribution in [1.29, 1.82) is 0 Å². The molecule has 15 nitrogen and oxygen atoms in total. The molecule has 0 aromatic carbocycles. The SMILES string of the molecule is CCCCC/C=C/C/C=C/C/C=C/C/C=C/C/C=C/CCC(=O)OC[C@H](CO[C@H]1O[C@@H](CO[C@H]2O[C@@H](CO)[C@@H](O)C(O)C2O)[C@@H](O)C(O)C1O)OC(=O)CCCCCCCCCCCCCCCCCCCCCC. The second-order valence-electron chi connectivity index (χ2n) is 20.5. The van der Waals surface area contributed by atoms with E-state index < -0.39 is 99.3 Å². The van der Waals surface area contributed by atoms with Crippen molar-refractivity contribution in [2.75, 3.05) is 26.4 Å². The molecule has 7 N–H and O–H groups in total. The maximum atomic E-state index is 13.1. The molecule has 4 unspecified atom stereocenters. The third-order valence-electron chi connectivity index (χ3n) is 13.8. The maximum absolute atomic E-state index is 13.1. The Kier molecular flexibility index (Phi) is 42.0. The van der Waals surface area contributed by atoms with Crippen LogP contribution in [0, 0.1) is 0 Å². The van der Waals surface area contributed by atoms with Crippen molar-refractivity contribution in [2.45, 2.75) is 280 Å². The van der Waals surface area contributed by atoms with Gasteiger partial charge in [-0.3, -0.25) is 9.59 Å². The second kappa shape index (κ2) is 46.1. The van der Waals surface area contributed by atoms with E-state index in [0.29, 0.717) is 12.8 Å². The van der Waals surface area contributed by atoms with Gasteiger partial charge in [0, 0.05) is 12.8 Å². The van der Waals surface area contributed by atoms with Gasteiger partial charge in [0.05, 0.1) is 19.8 Å². The standard InChI is InChI=1S/C60H104O15/c1-3-5-7-9-11-13-15-17-19-21-23-25-27-29-31-33-35-37-39-41-43-52(63)73-48(45-70-51(62)42-40-38-36-34-32-30-28-26-24-22-20-18-16-14-12-10-8-6-4-2)46-71-59-58(69)56(67)54(65)50(75-59)47-72-60-57(68)55(66)53(64)49(44-61)74-60/h12,14,18,20,24,26,30,32,36,38,48-50,53-61,64-69H,3-11,13,15-17,19,21-23,25,27-29,31,33-35,37,39-47H2,1-2H3/b14-12+,20-18+,26-24+,32-30+,38-36+/t48-,49+,50+,53-,54-,55?,56?,57?,58?,59+,60+/m1/s1. The van der Waals surface area contributed by atoms with Crippen LogP contribution in [0.3, 0.4) is 0 Å². The van der Waals surface area contributed by atoms with Gasteiger partial charge in [-0.05, 0) is 51.4 Å². The van der Waals surface area contributed by atoms with Crippen LogP contribution in [0.1, 0.15) is 213 Å². The van der Waals surface area contributed by atoms with Gasteiger partial charge < -0.3 is 64.2 Å². The lowest BCUT2D eigenvalue weighted by Gasteiger charge is -2.42. The van der Waals surface area contributed by atoms with E-state index >= 15 is 0 Å². The lowest BCUT2D eigenvalue weighted by molar-refractivity contribution is -0.332. The summed E-state index contributed by atoms with van der Waals surface area (Å²) >= 11 is 0. The van der Waals surface area contributed by atoms with Crippen LogP contribution in [0.15, 0.2) is 60.8 Å². The molecule has 0 radical (unpaired) electrons. The Morgan fingerprint density at radius 3 is 1.31 bits per heavy atom. The van der Waals surface area contributed by atoms with Crippen LogP contribution in [-0.2, 0) is 38.0 Å². The van der Waals surface area contributed by atoms with E-state index in [0.717, 1.165) is 51.4 Å². The number of hydrogen-bond donors (Lipinski definition) is 7. The van der Waals surface area contributed by atoms with Crippen LogP contribution < -0.4 is 0 Å². The number of hydrogen-bond acceptors (Lipinski definition) is 15. The Bertz CT molecular complexity index is 1530. The van der Waals surface area contributed by atoms with Crippen molar-refractivity contribution in [3.05, 3.63) is 60.8 Å². The predicted octanol–water partition coefficient (Wildman–Crippen LogP) is 10.00. The van der Waals surface area contributed by atoms with E-state index in [1.807, 2.05) is 12.2 Å². The predicted molar refractivity (Wildman–Crippen MR) is 293 cm³/mol. The summed E-state index contributed by atoms with van der Waals surface area (Å²) in [5.74, 6) is -1.02. The summed E-state index contributed by atoms with van der Waals surface area (Å²) in [6, 6.07) is 0. The Morgan fingerprint density at radius 2 is 0.827 bits per heavy atom. The summed E-state index contributed by atoms with van der Waals surface area (Å²) in [4.78, 5) is 25.9. The molecule has 0 amide bonds. The molecule has 75 heavy (non-hydrogen) atoms. The number of esters is 2. The highest BCUT2D eigenvalue weighted by Crippen LogP contribution is 2.27. The van der Waals surface area contributed by atoms with Gasteiger partial charge in [-0.1, -0.05) is 209 Å². The Balaban J connectivity index is 1.78. The Hall–Kier alpha value is -2.80. The zero-order valence-corrected chi connectivity index (χ0v) is 46.3. The quantitative estimate of drug-likeness (QED) is 0.0171. The molecule has 2 aliphatic heterocycles. The minimum Gasteiger partial charge on any atom is -0.462 e. The summed E-state index contributed by atoms with van der Waals surface area (Å²) in [6.45, 7) is 2.52. The molecule has 2 heterocycles. The van der Waals surface area contributed by atoms with E-state index in [1.165, 1.54) is 122 Å². The van der Waals surface area contributed by atoms with Crippen LogP contribution in [0.5, 0.6) is 0 Å². The molecule has 11 atom stereocenters. The number of unbranched alkanes of at least 4 members (excludes halogenated alkanes) is 22. The monoisotopic (exact) mass is 1060 g/mol. The van der Waals surface area contributed by atoms with Crippen LogP contribution >= 0.6 is 0 Å². The second-order valence-corrected chi connectivity index (χ2v) is 20.5. The number of aliphatic hydroxyl groups is 7. The molecule has 2 fully saturated rings. The van der Waals surface area contributed by atoms with E-state index in [9.17, 15) is 45.3 Å². The largest absolute Gasteiger partial charge is 0.462 e. The zero-order valence-electron chi connectivity index (χ0n) is 46.3. The van der Waals surface area contributed by atoms with Gasteiger partial charge in [-0.25, -0.2) is 0 Å². The first-order valence-corrected chi connectivity index (χ1v) is 29.4. The summed E-state index contributed by atoms with van der Waals surface area (Å²) in [5, 5.41) is 72.3. The van der Waals surface area contributed by atoms with Gasteiger partial charge >= 0.3 is 11.9 Å². The topological polar surface area (TPSA) is 231 Å². The van der Waals surface area contributed by atoms with Crippen molar-refractivity contribution in [1.82, 2.24) is 0 Å². The highest BCUT2D eigenvalue weighted by molar-refractivity contribution is 5.70. The lowest BCUT2D eigenvalue weighted by Crippen LogP contribution is -2.61. The lowest BCUT2D eigenvalue weighted by atomic mass is 9.98. The molecule has 0 aromatic heterocycles. The van der Waals surface area contributed by atoms with Gasteiger partial charge in [0.2, 0.25) is 0 Å². The summed E-state index contributed by atoms with van der Waals surface area (Å²) in [7, 11) is 0. The molecular formula is C60H104O15. The number of carbonyl (C=O) groups is 2. The van der Waals surface area contributed by atoms with Gasteiger partial charge in [0.25, 0.3) is 0 Å². The average Bonchev–Trinajstić information content (AvgIpc) is 3.40. The van der Waals surface area contributed by atoms with Crippen LogP contribution in [0.4, 0.5) is 0 Å². The Morgan fingerprint density at radius 1 is 0.427 bits per heavy atom. The van der Waals surface area contributed by atoms with Gasteiger partial charge in [-0.15, -0.1) is 0 Å². The molecule has 0 aromatic rings. The van der Waals surface area contributed by atoms with Crippen LogP contribution in [-0.4, -0.2) is 142 Å². The first-order chi connectivity index (χ1) is 36.5. The van der Waals surface area contributed by atoms with Crippen LogP contribution in [0.25, 0.3) is 0 Å². The minimum absolute atomic E-state index is 0.0939. The highest BCUT2D eigenvalue weighted by atomic mass is 16.7. The van der Waals surface area contributed by atoms with Crippen molar-refractivity contribution in [3.63, 3.8) is 0 Å². The minimum atomic E-state index is -1.78. The molecule has 0 bridgehead atoms. The number of ether oxygens (including phenoxy) is 6. The van der Waals surface area contributed by atoms with Crippen molar-refractivity contribution in [2.24, 2.45) is 0 Å². The Labute approximate surface area is 451 Å². The fourth-order valence-corrected chi connectivity index (χ4v) is 8.97. The smallest absolute Gasteiger partial charge is 0.306 e. The van der Waals surface area contributed by atoms with Gasteiger partial charge in [0.1, 0.15) is 55.4 Å². The zero-order chi connectivity index (χ0) is 54.6. The number of carbonyl (C=O) groups excluding carboxylic acids is 2. The molecule has 0 saturated carbocycles. The normalized spacial score (nSPS) is 24.9. The fourth-order valence-electron chi connectivity index (χ4n) is 8.97.